The Hall–Kier alpha value is 0.907. The standard InChI is InChI=1S/C4H8NS.Li/c1-3-6-4-2-5-1;/h1-4H2;/q-1;+1. The second kappa shape index (κ2) is 5.05. The van der Waals surface area contributed by atoms with Crippen molar-refractivity contribution < 1.29 is 18.9 Å². The van der Waals surface area contributed by atoms with Crippen LogP contribution in [0.15, 0.2) is 0 Å². The van der Waals surface area contributed by atoms with E-state index in [0.717, 1.165) is 13.1 Å². The van der Waals surface area contributed by atoms with Crippen LogP contribution in [0.5, 0.6) is 0 Å². The van der Waals surface area contributed by atoms with Crippen molar-refractivity contribution in [2.75, 3.05) is 24.6 Å². The molecular weight excluding hydrogens is 101 g/mol. The zero-order chi connectivity index (χ0) is 4.24. The van der Waals surface area contributed by atoms with Gasteiger partial charge in [0.25, 0.3) is 0 Å². The number of thioether (sulfide) groups is 1. The Morgan fingerprint density at radius 3 is 1.86 bits per heavy atom. The molecule has 0 bridgehead atoms. The van der Waals surface area contributed by atoms with Crippen molar-refractivity contribution in [3.8, 4) is 0 Å². The zero-order valence-corrected chi connectivity index (χ0v) is 5.50. The fraction of sp³-hybridized carbons (Fsp3) is 1.00. The average molecular weight is 109 g/mol. The molecule has 0 aromatic rings. The third-order valence-electron chi connectivity index (χ3n) is 0.787. The molecule has 0 atom stereocenters. The third kappa shape index (κ3) is 3.49. The van der Waals surface area contributed by atoms with Crippen molar-refractivity contribution in [1.29, 1.82) is 0 Å². The zero-order valence-electron chi connectivity index (χ0n) is 4.68. The van der Waals surface area contributed by atoms with E-state index in [-0.39, 0.29) is 18.9 Å². The number of rotatable bonds is 0. The van der Waals surface area contributed by atoms with Crippen molar-refractivity contribution in [2.45, 2.75) is 0 Å². The van der Waals surface area contributed by atoms with Crippen LogP contribution in [0.4, 0.5) is 0 Å². The number of hydrogen-bond acceptors (Lipinski definition) is 1. The molecule has 0 N–H and O–H groups in total. The molecule has 1 rings (SSSR count). The van der Waals surface area contributed by atoms with E-state index in [2.05, 4.69) is 5.32 Å². The second-order valence-corrected chi connectivity index (χ2v) is 2.51. The molecule has 1 nitrogen and oxygen atoms in total. The van der Waals surface area contributed by atoms with Gasteiger partial charge in [0.05, 0.1) is 0 Å². The van der Waals surface area contributed by atoms with Crippen LogP contribution in [0.1, 0.15) is 0 Å². The summed E-state index contributed by atoms with van der Waals surface area (Å²) in [6.45, 7) is 2.18. The molecule has 0 aliphatic carbocycles. The van der Waals surface area contributed by atoms with Gasteiger partial charge in [-0.05, 0) is 11.5 Å². The molecule has 1 aliphatic rings. The van der Waals surface area contributed by atoms with Gasteiger partial charge in [-0.1, -0.05) is 0 Å². The first kappa shape index (κ1) is 7.91. The minimum absolute atomic E-state index is 0. The summed E-state index contributed by atoms with van der Waals surface area (Å²) in [6, 6.07) is 0. The van der Waals surface area contributed by atoms with Crippen molar-refractivity contribution in [2.24, 2.45) is 0 Å². The van der Waals surface area contributed by atoms with Crippen LogP contribution in [0, 0.1) is 0 Å². The van der Waals surface area contributed by atoms with E-state index in [1.807, 2.05) is 11.8 Å². The molecule has 3 heteroatoms. The third-order valence-corrected chi connectivity index (χ3v) is 1.73. The van der Waals surface area contributed by atoms with Crippen molar-refractivity contribution in [1.82, 2.24) is 0 Å². The summed E-state index contributed by atoms with van der Waals surface area (Å²) in [7, 11) is 0. The number of hydrogen-bond donors (Lipinski definition) is 0. The molecule has 1 saturated heterocycles. The van der Waals surface area contributed by atoms with Gasteiger partial charge < -0.3 is 5.32 Å². The summed E-state index contributed by atoms with van der Waals surface area (Å²) in [5, 5.41) is 4.16. The SMILES string of the molecule is C1CSCC[N-]1.[Li+]. The average Bonchev–Trinajstić information content (AvgIpc) is 1.72. The molecular formula is C4H8LiNS. The van der Waals surface area contributed by atoms with Crippen LogP contribution < -0.4 is 18.9 Å². The van der Waals surface area contributed by atoms with E-state index in [9.17, 15) is 0 Å². The van der Waals surface area contributed by atoms with Gasteiger partial charge in [-0.15, -0.1) is 13.1 Å². The molecule has 0 aromatic heterocycles. The topological polar surface area (TPSA) is 14.1 Å². The minimum Gasteiger partial charge on any atom is -0.661 e. The molecule has 0 amide bonds. The maximum atomic E-state index is 4.16. The molecule has 0 saturated carbocycles. The minimum atomic E-state index is 0. The van der Waals surface area contributed by atoms with Gasteiger partial charge in [0.15, 0.2) is 0 Å². The van der Waals surface area contributed by atoms with Crippen LogP contribution in [0.25, 0.3) is 5.32 Å². The van der Waals surface area contributed by atoms with Crippen LogP contribution in [0.2, 0.25) is 0 Å². The Morgan fingerprint density at radius 2 is 1.71 bits per heavy atom. The first-order valence-electron chi connectivity index (χ1n) is 2.21. The van der Waals surface area contributed by atoms with E-state index in [0.29, 0.717) is 0 Å². The van der Waals surface area contributed by atoms with E-state index in [4.69, 9.17) is 0 Å². The molecule has 36 valence electrons. The first-order chi connectivity index (χ1) is 3.00. The smallest absolute Gasteiger partial charge is 0.661 e. The van der Waals surface area contributed by atoms with Gasteiger partial charge >= 0.3 is 18.9 Å². The van der Waals surface area contributed by atoms with Gasteiger partial charge in [0.1, 0.15) is 0 Å². The summed E-state index contributed by atoms with van der Waals surface area (Å²) < 4.78 is 0. The van der Waals surface area contributed by atoms with E-state index in [1.54, 1.807) is 0 Å². The fourth-order valence-electron chi connectivity index (χ4n) is 0.472. The Bertz CT molecular complexity index is 27.2. The van der Waals surface area contributed by atoms with Crippen molar-refractivity contribution in [3.05, 3.63) is 5.32 Å². The summed E-state index contributed by atoms with van der Waals surface area (Å²) >= 11 is 2.00. The van der Waals surface area contributed by atoms with E-state index < -0.39 is 0 Å². The summed E-state index contributed by atoms with van der Waals surface area (Å²) in [5.41, 5.74) is 0. The summed E-state index contributed by atoms with van der Waals surface area (Å²) in [6.07, 6.45) is 0. The molecule has 1 fully saturated rings. The molecule has 0 spiro atoms. The van der Waals surface area contributed by atoms with Crippen molar-refractivity contribution in [3.63, 3.8) is 0 Å². The monoisotopic (exact) mass is 109 g/mol. The fourth-order valence-corrected chi connectivity index (χ4v) is 1.19. The van der Waals surface area contributed by atoms with E-state index in [1.165, 1.54) is 11.5 Å². The van der Waals surface area contributed by atoms with Gasteiger partial charge in [0.2, 0.25) is 0 Å². The molecule has 0 radical (unpaired) electrons. The van der Waals surface area contributed by atoms with Gasteiger partial charge in [0, 0.05) is 0 Å². The van der Waals surface area contributed by atoms with Gasteiger partial charge in [-0.25, -0.2) is 0 Å². The largest absolute Gasteiger partial charge is 1.00 e. The Morgan fingerprint density at radius 1 is 1.14 bits per heavy atom. The first-order valence-corrected chi connectivity index (χ1v) is 3.36. The maximum Gasteiger partial charge on any atom is 1.00 e. The summed E-state index contributed by atoms with van der Waals surface area (Å²) in [4.78, 5) is 0. The van der Waals surface area contributed by atoms with Crippen LogP contribution in [-0.4, -0.2) is 24.6 Å². The van der Waals surface area contributed by atoms with E-state index >= 15 is 0 Å². The Labute approximate surface area is 60.8 Å². The normalized spacial score (nSPS) is 20.6. The van der Waals surface area contributed by atoms with Gasteiger partial charge in [-0.2, -0.15) is 11.8 Å². The molecule has 7 heavy (non-hydrogen) atoms. The van der Waals surface area contributed by atoms with Crippen LogP contribution >= 0.6 is 11.8 Å². The van der Waals surface area contributed by atoms with Crippen LogP contribution in [-0.2, 0) is 0 Å². The quantitative estimate of drug-likeness (QED) is 0.332. The molecule has 0 unspecified atom stereocenters. The number of nitrogens with zero attached hydrogens (tertiary/aromatic N) is 1. The summed E-state index contributed by atoms with van der Waals surface area (Å²) in [5.74, 6) is 2.50. The molecule has 0 aromatic carbocycles. The van der Waals surface area contributed by atoms with Gasteiger partial charge in [-0.3, -0.25) is 0 Å². The predicted molar refractivity (Wildman–Crippen MR) is 30.4 cm³/mol. The predicted octanol–water partition coefficient (Wildman–Crippen LogP) is -1.89. The molecule has 1 heterocycles. The Kier molecular flexibility index (Phi) is 5.71. The van der Waals surface area contributed by atoms with Crippen molar-refractivity contribution >= 4 is 11.8 Å². The van der Waals surface area contributed by atoms with Crippen LogP contribution in [0.3, 0.4) is 0 Å². The maximum absolute atomic E-state index is 4.16. The Balaban J connectivity index is 0.000000360. The second-order valence-electron chi connectivity index (χ2n) is 1.28. The molecule has 1 aliphatic heterocycles.